The first-order valence-corrected chi connectivity index (χ1v) is 6.06. The van der Waals surface area contributed by atoms with Gasteiger partial charge in [0.2, 0.25) is 0 Å². The van der Waals surface area contributed by atoms with Crippen LogP contribution in [0.5, 0.6) is 0 Å². The van der Waals surface area contributed by atoms with Gasteiger partial charge in [0.25, 0.3) is 5.91 Å². The molecule has 1 amide bonds. The van der Waals surface area contributed by atoms with Gasteiger partial charge in [0, 0.05) is 23.5 Å². The van der Waals surface area contributed by atoms with Crippen molar-refractivity contribution in [3.8, 4) is 0 Å². The van der Waals surface area contributed by atoms with E-state index in [1.54, 1.807) is 0 Å². The molecule has 2 aromatic carbocycles. The van der Waals surface area contributed by atoms with Crippen molar-refractivity contribution >= 4 is 17.3 Å². The van der Waals surface area contributed by atoms with Gasteiger partial charge in [-0.25, -0.2) is 0 Å². The van der Waals surface area contributed by atoms with Gasteiger partial charge >= 0.3 is 0 Å². The normalized spacial score (nSPS) is 12.7. The first kappa shape index (κ1) is 10.8. The van der Waals surface area contributed by atoms with Crippen LogP contribution < -0.4 is 10.6 Å². The number of hydrogen-bond donors (Lipinski definition) is 2. The van der Waals surface area contributed by atoms with E-state index < -0.39 is 0 Å². The van der Waals surface area contributed by atoms with Crippen LogP contribution in [-0.2, 0) is 6.42 Å². The molecule has 0 spiro atoms. The van der Waals surface area contributed by atoms with E-state index in [1.807, 2.05) is 48.5 Å². The van der Waals surface area contributed by atoms with E-state index in [9.17, 15) is 4.79 Å². The fourth-order valence-corrected chi connectivity index (χ4v) is 2.18. The van der Waals surface area contributed by atoms with Gasteiger partial charge in [-0.1, -0.05) is 18.2 Å². The molecule has 18 heavy (non-hydrogen) atoms. The molecule has 90 valence electrons. The molecule has 0 aromatic heterocycles. The number of rotatable bonds is 2. The van der Waals surface area contributed by atoms with Crippen LogP contribution in [0.2, 0.25) is 0 Å². The Balaban J connectivity index is 1.79. The topological polar surface area (TPSA) is 41.1 Å². The first-order valence-electron chi connectivity index (χ1n) is 6.06. The summed E-state index contributed by atoms with van der Waals surface area (Å²) in [7, 11) is 0. The van der Waals surface area contributed by atoms with E-state index in [0.29, 0.717) is 5.56 Å². The van der Waals surface area contributed by atoms with Crippen LogP contribution in [0.4, 0.5) is 11.4 Å². The van der Waals surface area contributed by atoms with Crippen LogP contribution in [0.3, 0.4) is 0 Å². The molecule has 0 radical (unpaired) electrons. The summed E-state index contributed by atoms with van der Waals surface area (Å²) >= 11 is 0. The maximum Gasteiger partial charge on any atom is 0.255 e. The Hall–Kier alpha value is -2.29. The van der Waals surface area contributed by atoms with Crippen molar-refractivity contribution in [3.63, 3.8) is 0 Å². The van der Waals surface area contributed by atoms with E-state index in [2.05, 4.69) is 10.6 Å². The summed E-state index contributed by atoms with van der Waals surface area (Å²) in [6, 6.07) is 15.2. The van der Waals surface area contributed by atoms with Crippen LogP contribution in [-0.4, -0.2) is 12.5 Å². The van der Waals surface area contributed by atoms with Crippen molar-refractivity contribution in [1.82, 2.24) is 0 Å². The second-order valence-electron chi connectivity index (χ2n) is 4.37. The van der Waals surface area contributed by atoms with Crippen molar-refractivity contribution in [1.29, 1.82) is 0 Å². The van der Waals surface area contributed by atoms with E-state index >= 15 is 0 Å². The zero-order valence-corrected chi connectivity index (χ0v) is 9.94. The highest BCUT2D eigenvalue weighted by molar-refractivity contribution is 6.04. The predicted molar refractivity (Wildman–Crippen MR) is 73.0 cm³/mol. The monoisotopic (exact) mass is 238 g/mol. The molecule has 0 aliphatic carbocycles. The van der Waals surface area contributed by atoms with Crippen LogP contribution in [0.25, 0.3) is 0 Å². The largest absolute Gasteiger partial charge is 0.384 e. The molecule has 0 bridgehead atoms. The van der Waals surface area contributed by atoms with Gasteiger partial charge in [0.05, 0.1) is 0 Å². The van der Waals surface area contributed by atoms with Crippen LogP contribution >= 0.6 is 0 Å². The van der Waals surface area contributed by atoms with Crippen molar-refractivity contribution in [2.75, 3.05) is 17.2 Å². The number of fused-ring (bicyclic) bond motifs is 1. The molecule has 0 saturated heterocycles. The number of carbonyl (C=O) groups excluding carboxylic acids is 1. The minimum atomic E-state index is -0.0680. The highest BCUT2D eigenvalue weighted by atomic mass is 16.1. The Morgan fingerprint density at radius 2 is 1.94 bits per heavy atom. The smallest absolute Gasteiger partial charge is 0.255 e. The molecule has 3 heteroatoms. The molecule has 1 heterocycles. The van der Waals surface area contributed by atoms with Crippen molar-refractivity contribution < 1.29 is 4.79 Å². The number of nitrogens with one attached hydrogen (secondary N) is 2. The van der Waals surface area contributed by atoms with Gasteiger partial charge in [-0.3, -0.25) is 4.79 Å². The van der Waals surface area contributed by atoms with Gasteiger partial charge in [-0.15, -0.1) is 0 Å². The van der Waals surface area contributed by atoms with Gasteiger partial charge in [0.1, 0.15) is 0 Å². The average molecular weight is 238 g/mol. The summed E-state index contributed by atoms with van der Waals surface area (Å²) in [6.45, 7) is 0.978. The third-order valence-corrected chi connectivity index (χ3v) is 3.11. The zero-order valence-electron chi connectivity index (χ0n) is 9.94. The maximum absolute atomic E-state index is 12.0. The average Bonchev–Trinajstić information content (AvgIpc) is 2.87. The number of amides is 1. The highest BCUT2D eigenvalue weighted by Gasteiger charge is 2.11. The summed E-state index contributed by atoms with van der Waals surface area (Å²) in [4.78, 5) is 12.0. The lowest BCUT2D eigenvalue weighted by atomic mass is 10.1. The fourth-order valence-electron chi connectivity index (χ4n) is 2.18. The lowest BCUT2D eigenvalue weighted by Gasteiger charge is -2.07. The van der Waals surface area contributed by atoms with Crippen LogP contribution in [0, 0.1) is 0 Å². The van der Waals surface area contributed by atoms with Crippen LogP contribution in [0.1, 0.15) is 15.9 Å². The molecule has 0 atom stereocenters. The quantitative estimate of drug-likeness (QED) is 0.844. The minimum absolute atomic E-state index is 0.0680. The van der Waals surface area contributed by atoms with Gasteiger partial charge in [0.15, 0.2) is 0 Å². The lowest BCUT2D eigenvalue weighted by molar-refractivity contribution is 0.102. The molecule has 3 rings (SSSR count). The third kappa shape index (κ3) is 2.07. The van der Waals surface area contributed by atoms with Gasteiger partial charge in [-0.05, 0) is 42.3 Å². The molecule has 3 nitrogen and oxygen atoms in total. The molecule has 2 aromatic rings. The van der Waals surface area contributed by atoms with Gasteiger partial charge < -0.3 is 10.6 Å². The second kappa shape index (κ2) is 4.53. The zero-order chi connectivity index (χ0) is 12.4. The molecular weight excluding hydrogens is 224 g/mol. The SMILES string of the molecule is O=C(Nc1ccc2c(c1)CCN2)c1ccccc1. The van der Waals surface area contributed by atoms with E-state index in [1.165, 1.54) is 11.3 Å². The van der Waals surface area contributed by atoms with Crippen molar-refractivity contribution in [2.24, 2.45) is 0 Å². The van der Waals surface area contributed by atoms with Gasteiger partial charge in [-0.2, -0.15) is 0 Å². The Labute approximate surface area is 106 Å². The third-order valence-electron chi connectivity index (χ3n) is 3.11. The number of benzene rings is 2. The number of carbonyl (C=O) groups is 1. The summed E-state index contributed by atoms with van der Waals surface area (Å²) < 4.78 is 0. The minimum Gasteiger partial charge on any atom is -0.384 e. The number of anilines is 2. The number of hydrogen-bond acceptors (Lipinski definition) is 2. The lowest BCUT2D eigenvalue weighted by Crippen LogP contribution is -2.11. The Bertz CT molecular complexity index is 578. The highest BCUT2D eigenvalue weighted by Crippen LogP contribution is 2.25. The maximum atomic E-state index is 12.0. The molecular formula is C15H14N2O. The molecule has 2 N–H and O–H groups in total. The Kier molecular flexibility index (Phi) is 2.73. The standard InChI is InChI=1S/C15H14N2O/c18-15(11-4-2-1-3-5-11)17-13-6-7-14-12(10-13)8-9-16-14/h1-7,10,16H,8-9H2,(H,17,18). The molecule has 1 aliphatic heterocycles. The Morgan fingerprint density at radius 1 is 1.11 bits per heavy atom. The van der Waals surface area contributed by atoms with Crippen molar-refractivity contribution in [3.05, 3.63) is 59.7 Å². The van der Waals surface area contributed by atoms with Crippen molar-refractivity contribution in [2.45, 2.75) is 6.42 Å². The van der Waals surface area contributed by atoms with Crippen LogP contribution in [0.15, 0.2) is 48.5 Å². The van der Waals surface area contributed by atoms with E-state index in [0.717, 1.165) is 18.7 Å². The molecule has 0 saturated carbocycles. The molecule has 0 unspecified atom stereocenters. The summed E-state index contributed by atoms with van der Waals surface area (Å²) in [5.41, 5.74) is 3.97. The second-order valence-corrected chi connectivity index (χ2v) is 4.37. The fraction of sp³-hybridized carbons (Fsp3) is 0.133. The molecule has 1 aliphatic rings. The summed E-state index contributed by atoms with van der Waals surface area (Å²) in [5.74, 6) is -0.0680. The molecule has 0 fully saturated rings. The Morgan fingerprint density at radius 3 is 2.78 bits per heavy atom. The predicted octanol–water partition coefficient (Wildman–Crippen LogP) is 2.91. The summed E-state index contributed by atoms with van der Waals surface area (Å²) in [6.07, 6.45) is 1.02. The van der Waals surface area contributed by atoms with E-state index in [-0.39, 0.29) is 5.91 Å². The summed E-state index contributed by atoms with van der Waals surface area (Å²) in [5, 5.41) is 6.22. The van der Waals surface area contributed by atoms with E-state index in [4.69, 9.17) is 0 Å². The first-order chi connectivity index (χ1) is 8.83.